The van der Waals surface area contributed by atoms with E-state index in [2.05, 4.69) is 10.1 Å². The molecule has 0 bridgehead atoms. The van der Waals surface area contributed by atoms with Gasteiger partial charge < -0.3 is 4.74 Å². The standard InChI is InChI=1S/C16H11ClFN3O2/c17-13-7-12(1-2-14(13)18)10-23-16-4-6-20-21(16)15-8-11(9-22)3-5-19-15/h1-9H,10H2. The highest BCUT2D eigenvalue weighted by molar-refractivity contribution is 6.30. The van der Waals surface area contributed by atoms with Crippen LogP contribution in [-0.4, -0.2) is 21.1 Å². The van der Waals surface area contributed by atoms with Crippen LogP contribution >= 0.6 is 11.6 Å². The molecule has 5 nitrogen and oxygen atoms in total. The maximum atomic E-state index is 13.1. The number of carbonyl (C=O) groups excluding carboxylic acids is 1. The Balaban J connectivity index is 1.80. The van der Waals surface area contributed by atoms with E-state index in [1.165, 1.54) is 23.0 Å². The number of benzene rings is 1. The van der Waals surface area contributed by atoms with Gasteiger partial charge in [-0.25, -0.2) is 9.37 Å². The Morgan fingerprint density at radius 3 is 2.87 bits per heavy atom. The van der Waals surface area contributed by atoms with Crippen LogP contribution in [0.4, 0.5) is 4.39 Å². The van der Waals surface area contributed by atoms with E-state index in [0.717, 1.165) is 11.8 Å². The predicted octanol–water partition coefficient (Wildman–Crippen LogP) is 3.45. The monoisotopic (exact) mass is 331 g/mol. The van der Waals surface area contributed by atoms with Crippen LogP contribution in [0.2, 0.25) is 5.02 Å². The fourth-order valence-electron chi connectivity index (χ4n) is 1.98. The predicted molar refractivity (Wildman–Crippen MR) is 82.5 cm³/mol. The molecule has 0 aliphatic heterocycles. The lowest BCUT2D eigenvalue weighted by molar-refractivity contribution is 0.112. The van der Waals surface area contributed by atoms with Gasteiger partial charge in [0.1, 0.15) is 18.7 Å². The molecule has 0 unspecified atom stereocenters. The molecule has 3 rings (SSSR count). The highest BCUT2D eigenvalue weighted by Gasteiger charge is 2.09. The van der Waals surface area contributed by atoms with Gasteiger partial charge in [0.05, 0.1) is 11.2 Å². The first-order valence-corrected chi connectivity index (χ1v) is 7.07. The highest BCUT2D eigenvalue weighted by atomic mass is 35.5. The quantitative estimate of drug-likeness (QED) is 0.672. The average Bonchev–Trinajstić information content (AvgIpc) is 3.04. The van der Waals surface area contributed by atoms with Gasteiger partial charge in [0.15, 0.2) is 5.82 Å². The van der Waals surface area contributed by atoms with E-state index in [1.54, 1.807) is 30.5 Å². The number of pyridine rings is 1. The lowest BCUT2D eigenvalue weighted by Gasteiger charge is -2.09. The van der Waals surface area contributed by atoms with Gasteiger partial charge in [-0.2, -0.15) is 9.78 Å². The number of aromatic nitrogens is 3. The van der Waals surface area contributed by atoms with Crippen molar-refractivity contribution in [2.75, 3.05) is 0 Å². The van der Waals surface area contributed by atoms with Gasteiger partial charge in [0.2, 0.25) is 5.88 Å². The van der Waals surface area contributed by atoms with Crippen molar-refractivity contribution in [3.8, 4) is 11.7 Å². The number of nitrogens with zero attached hydrogens (tertiary/aromatic N) is 3. The smallest absolute Gasteiger partial charge is 0.218 e. The molecule has 0 aliphatic carbocycles. The fraction of sp³-hybridized carbons (Fsp3) is 0.0625. The highest BCUT2D eigenvalue weighted by Crippen LogP contribution is 2.20. The van der Waals surface area contributed by atoms with Crippen LogP contribution in [0, 0.1) is 5.82 Å². The van der Waals surface area contributed by atoms with Crippen molar-refractivity contribution < 1.29 is 13.9 Å². The van der Waals surface area contributed by atoms with Gasteiger partial charge in [-0.1, -0.05) is 17.7 Å². The average molecular weight is 332 g/mol. The molecule has 116 valence electrons. The van der Waals surface area contributed by atoms with Crippen LogP contribution in [-0.2, 0) is 6.61 Å². The van der Waals surface area contributed by atoms with E-state index in [-0.39, 0.29) is 11.6 Å². The molecule has 7 heteroatoms. The van der Waals surface area contributed by atoms with E-state index in [4.69, 9.17) is 16.3 Å². The van der Waals surface area contributed by atoms with Gasteiger partial charge in [0, 0.05) is 17.8 Å². The van der Waals surface area contributed by atoms with Crippen molar-refractivity contribution in [3.05, 3.63) is 70.8 Å². The summed E-state index contributed by atoms with van der Waals surface area (Å²) in [6.07, 6.45) is 3.81. The fourth-order valence-corrected chi connectivity index (χ4v) is 2.19. The third-order valence-corrected chi connectivity index (χ3v) is 3.39. The zero-order valence-electron chi connectivity index (χ0n) is 11.8. The first-order valence-electron chi connectivity index (χ1n) is 6.70. The zero-order chi connectivity index (χ0) is 16.2. The number of halogens is 2. The molecule has 0 aliphatic rings. The molecule has 0 spiro atoms. The topological polar surface area (TPSA) is 57.0 Å². The van der Waals surface area contributed by atoms with Gasteiger partial charge in [-0.3, -0.25) is 4.79 Å². The summed E-state index contributed by atoms with van der Waals surface area (Å²) in [5.41, 5.74) is 1.21. The number of hydrogen-bond donors (Lipinski definition) is 0. The van der Waals surface area contributed by atoms with Crippen molar-refractivity contribution in [1.29, 1.82) is 0 Å². The summed E-state index contributed by atoms with van der Waals surface area (Å²) >= 11 is 5.74. The van der Waals surface area contributed by atoms with Crippen LogP contribution in [0.25, 0.3) is 5.82 Å². The lowest BCUT2D eigenvalue weighted by atomic mass is 10.2. The maximum Gasteiger partial charge on any atom is 0.218 e. The molecular formula is C16H11ClFN3O2. The molecule has 23 heavy (non-hydrogen) atoms. The SMILES string of the molecule is O=Cc1ccnc(-n2nccc2OCc2ccc(F)c(Cl)c2)c1. The molecule has 2 heterocycles. The number of ether oxygens (including phenoxy) is 1. The van der Waals surface area contributed by atoms with E-state index in [1.807, 2.05) is 0 Å². The molecule has 0 atom stereocenters. The van der Waals surface area contributed by atoms with Gasteiger partial charge in [-0.15, -0.1) is 0 Å². The maximum absolute atomic E-state index is 13.1. The lowest BCUT2D eigenvalue weighted by Crippen LogP contribution is -2.05. The van der Waals surface area contributed by atoms with Crippen molar-refractivity contribution >= 4 is 17.9 Å². The number of carbonyl (C=O) groups is 1. The summed E-state index contributed by atoms with van der Waals surface area (Å²) in [5, 5.41) is 4.17. The van der Waals surface area contributed by atoms with Crippen LogP contribution in [0.3, 0.4) is 0 Å². The summed E-state index contributed by atoms with van der Waals surface area (Å²) in [7, 11) is 0. The Kier molecular flexibility index (Phi) is 4.34. The van der Waals surface area contributed by atoms with Gasteiger partial charge in [0.25, 0.3) is 0 Å². The molecule has 1 aromatic carbocycles. The molecule has 3 aromatic rings. The van der Waals surface area contributed by atoms with E-state index < -0.39 is 5.82 Å². The zero-order valence-corrected chi connectivity index (χ0v) is 12.6. The Morgan fingerprint density at radius 1 is 1.22 bits per heavy atom. The first-order chi connectivity index (χ1) is 11.2. The van der Waals surface area contributed by atoms with Crippen LogP contribution in [0.1, 0.15) is 15.9 Å². The Hall–Kier alpha value is -2.73. The minimum atomic E-state index is -0.477. The second-order valence-electron chi connectivity index (χ2n) is 4.68. The molecular weight excluding hydrogens is 321 g/mol. The third-order valence-electron chi connectivity index (χ3n) is 3.10. The van der Waals surface area contributed by atoms with Crippen LogP contribution in [0.5, 0.6) is 5.88 Å². The summed E-state index contributed by atoms with van der Waals surface area (Å²) in [5.74, 6) is 0.433. The van der Waals surface area contributed by atoms with Crippen molar-refractivity contribution in [3.63, 3.8) is 0 Å². The molecule has 0 fully saturated rings. The Bertz CT molecular complexity index is 851. The molecule has 0 amide bonds. The van der Waals surface area contributed by atoms with E-state index in [9.17, 15) is 9.18 Å². The van der Waals surface area contributed by atoms with Gasteiger partial charge in [-0.05, 0) is 29.8 Å². The third kappa shape index (κ3) is 3.37. The second kappa shape index (κ2) is 6.58. The Morgan fingerprint density at radius 2 is 2.09 bits per heavy atom. The van der Waals surface area contributed by atoms with Gasteiger partial charge >= 0.3 is 0 Å². The molecule has 0 saturated carbocycles. The van der Waals surface area contributed by atoms with Crippen molar-refractivity contribution in [1.82, 2.24) is 14.8 Å². The second-order valence-corrected chi connectivity index (χ2v) is 5.09. The first kappa shape index (κ1) is 15.2. The minimum Gasteiger partial charge on any atom is -0.473 e. The minimum absolute atomic E-state index is 0.0416. The van der Waals surface area contributed by atoms with E-state index in [0.29, 0.717) is 17.3 Å². The number of hydrogen-bond acceptors (Lipinski definition) is 4. The Labute approximate surface area is 136 Å². The van der Waals surface area contributed by atoms with Crippen molar-refractivity contribution in [2.45, 2.75) is 6.61 Å². The van der Waals surface area contributed by atoms with Crippen molar-refractivity contribution in [2.24, 2.45) is 0 Å². The summed E-state index contributed by atoms with van der Waals surface area (Å²) in [4.78, 5) is 15.0. The molecule has 0 N–H and O–H groups in total. The molecule has 0 radical (unpaired) electrons. The number of aldehydes is 1. The molecule has 0 saturated heterocycles. The van der Waals surface area contributed by atoms with Crippen LogP contribution in [0.15, 0.2) is 48.8 Å². The molecule has 2 aromatic heterocycles. The van der Waals surface area contributed by atoms with Crippen LogP contribution < -0.4 is 4.74 Å². The van der Waals surface area contributed by atoms with E-state index >= 15 is 0 Å². The number of rotatable bonds is 5. The normalized spacial score (nSPS) is 10.5. The largest absolute Gasteiger partial charge is 0.473 e. The summed E-state index contributed by atoms with van der Waals surface area (Å²) in [6, 6.07) is 9.24. The summed E-state index contributed by atoms with van der Waals surface area (Å²) in [6.45, 7) is 0.194. The summed E-state index contributed by atoms with van der Waals surface area (Å²) < 4.78 is 20.3.